The third kappa shape index (κ3) is 7.31. The Kier molecular flexibility index (Phi) is 9.29. The molecule has 1 aliphatic rings. The predicted molar refractivity (Wildman–Crippen MR) is 131 cm³/mol. The number of hydrogen-bond donors (Lipinski definition) is 1. The Labute approximate surface area is 200 Å². The van der Waals surface area contributed by atoms with E-state index in [1.54, 1.807) is 6.07 Å². The summed E-state index contributed by atoms with van der Waals surface area (Å²) in [5, 5.41) is 10.5. The Bertz CT molecular complexity index is 1020. The molecule has 6 heteroatoms. The zero-order chi connectivity index (χ0) is 23.6. The van der Waals surface area contributed by atoms with Crippen LogP contribution in [0.5, 0.6) is 0 Å². The zero-order valence-electron chi connectivity index (χ0n) is 19.2. The van der Waals surface area contributed by atoms with Crippen LogP contribution in [0.15, 0.2) is 54.6 Å². The fourth-order valence-electron chi connectivity index (χ4n) is 3.78. The fraction of sp³-hybridized carbons (Fsp3) is 0.407. The third-order valence-electron chi connectivity index (χ3n) is 5.79. The molecule has 0 saturated carbocycles. The predicted octanol–water partition coefficient (Wildman–Crippen LogP) is 4.45. The first-order chi connectivity index (χ1) is 16.0. The number of ether oxygens (including phenoxy) is 1. The van der Waals surface area contributed by atoms with E-state index in [0.29, 0.717) is 24.3 Å². The minimum absolute atomic E-state index is 0.00542. The van der Waals surface area contributed by atoms with E-state index in [1.165, 1.54) is 18.4 Å². The van der Waals surface area contributed by atoms with Crippen molar-refractivity contribution >= 4 is 23.2 Å². The van der Waals surface area contributed by atoms with Gasteiger partial charge in [0.2, 0.25) is 5.91 Å². The van der Waals surface area contributed by atoms with Crippen molar-refractivity contribution in [2.45, 2.75) is 51.2 Å². The van der Waals surface area contributed by atoms with E-state index in [9.17, 15) is 14.7 Å². The summed E-state index contributed by atoms with van der Waals surface area (Å²) in [6.45, 7) is 2.64. The van der Waals surface area contributed by atoms with Crippen molar-refractivity contribution in [3.8, 4) is 11.8 Å². The number of rotatable bonds is 9. The number of likely N-dealkylation sites (tertiary alicyclic amines) is 1. The average Bonchev–Trinajstić information content (AvgIpc) is 3.44. The molecule has 3 rings (SSSR count). The molecule has 0 aliphatic carbocycles. The number of aliphatic hydroxyl groups excluding tert-OH is 1. The van der Waals surface area contributed by atoms with Crippen LogP contribution in [0.25, 0.3) is 0 Å². The number of carbonyl (C=O) groups is 2. The van der Waals surface area contributed by atoms with Gasteiger partial charge < -0.3 is 14.7 Å². The summed E-state index contributed by atoms with van der Waals surface area (Å²) in [6.07, 6.45) is 6.72. The van der Waals surface area contributed by atoms with Crippen LogP contribution in [0.1, 0.15) is 52.7 Å². The SMILES string of the molecule is COC(=O)c1ccc(CCCN2C(=O)CC[C@@H]2C=C[C@@H](O)C(C)CC#Cc2ccccc2)s1. The van der Waals surface area contributed by atoms with Crippen molar-refractivity contribution in [1.29, 1.82) is 0 Å². The normalized spacial score (nSPS) is 17.6. The van der Waals surface area contributed by atoms with Gasteiger partial charge in [-0.2, -0.15) is 0 Å². The molecule has 1 N–H and O–H groups in total. The van der Waals surface area contributed by atoms with E-state index >= 15 is 0 Å². The molecule has 174 valence electrons. The van der Waals surface area contributed by atoms with Crippen LogP contribution >= 0.6 is 11.3 Å². The molecule has 0 spiro atoms. The second-order valence-electron chi connectivity index (χ2n) is 8.28. The molecule has 1 aliphatic heterocycles. The Morgan fingerprint density at radius 2 is 2.09 bits per heavy atom. The van der Waals surface area contributed by atoms with Gasteiger partial charge in [0, 0.05) is 29.8 Å². The summed E-state index contributed by atoms with van der Waals surface area (Å²) < 4.78 is 4.75. The largest absolute Gasteiger partial charge is 0.465 e. The van der Waals surface area contributed by atoms with Crippen molar-refractivity contribution in [2.75, 3.05) is 13.7 Å². The van der Waals surface area contributed by atoms with Crippen LogP contribution < -0.4 is 0 Å². The van der Waals surface area contributed by atoms with E-state index in [2.05, 4.69) is 11.8 Å². The lowest BCUT2D eigenvalue weighted by molar-refractivity contribution is -0.128. The third-order valence-corrected chi connectivity index (χ3v) is 6.91. The molecule has 5 nitrogen and oxygen atoms in total. The summed E-state index contributed by atoms with van der Waals surface area (Å²) in [7, 11) is 1.38. The molecule has 1 unspecified atom stereocenters. The summed E-state index contributed by atoms with van der Waals surface area (Å²) >= 11 is 1.44. The minimum Gasteiger partial charge on any atom is -0.465 e. The second-order valence-corrected chi connectivity index (χ2v) is 9.45. The number of benzene rings is 1. The first-order valence-corrected chi connectivity index (χ1v) is 12.2. The highest BCUT2D eigenvalue weighted by atomic mass is 32.1. The van der Waals surface area contributed by atoms with Crippen LogP contribution in [0, 0.1) is 17.8 Å². The number of methoxy groups -OCH3 is 1. The molecule has 2 heterocycles. The van der Waals surface area contributed by atoms with E-state index < -0.39 is 6.10 Å². The molecule has 1 fully saturated rings. The summed E-state index contributed by atoms with van der Waals surface area (Å²) in [4.78, 5) is 27.6. The van der Waals surface area contributed by atoms with Crippen LogP contribution in [0.3, 0.4) is 0 Å². The molecular weight excluding hydrogens is 434 g/mol. The van der Waals surface area contributed by atoms with Gasteiger partial charge in [-0.15, -0.1) is 11.3 Å². The topological polar surface area (TPSA) is 66.8 Å². The first-order valence-electron chi connectivity index (χ1n) is 11.3. The van der Waals surface area contributed by atoms with Crippen molar-refractivity contribution < 1.29 is 19.4 Å². The van der Waals surface area contributed by atoms with Crippen LogP contribution in [-0.4, -0.2) is 47.7 Å². The molecule has 0 bridgehead atoms. The Morgan fingerprint density at radius 3 is 2.85 bits per heavy atom. The van der Waals surface area contributed by atoms with Gasteiger partial charge in [-0.05, 0) is 49.4 Å². The molecular formula is C27H31NO4S. The van der Waals surface area contributed by atoms with Gasteiger partial charge in [-0.25, -0.2) is 4.79 Å². The Balaban J connectivity index is 1.47. The van der Waals surface area contributed by atoms with Crippen LogP contribution in [0.2, 0.25) is 0 Å². The Morgan fingerprint density at radius 1 is 1.30 bits per heavy atom. The van der Waals surface area contributed by atoms with Gasteiger partial charge >= 0.3 is 5.97 Å². The number of aliphatic hydroxyl groups is 1. The van der Waals surface area contributed by atoms with Crippen molar-refractivity contribution in [3.05, 3.63) is 69.9 Å². The molecule has 1 aromatic heterocycles. The van der Waals surface area contributed by atoms with E-state index in [0.717, 1.165) is 29.7 Å². The fourth-order valence-corrected chi connectivity index (χ4v) is 4.75. The molecule has 33 heavy (non-hydrogen) atoms. The van der Waals surface area contributed by atoms with Crippen molar-refractivity contribution in [3.63, 3.8) is 0 Å². The smallest absolute Gasteiger partial charge is 0.348 e. The number of esters is 1. The van der Waals surface area contributed by atoms with Gasteiger partial charge in [0.25, 0.3) is 0 Å². The van der Waals surface area contributed by atoms with Gasteiger partial charge in [0.1, 0.15) is 4.88 Å². The van der Waals surface area contributed by atoms with E-state index in [4.69, 9.17) is 4.74 Å². The highest BCUT2D eigenvalue weighted by Gasteiger charge is 2.28. The van der Waals surface area contributed by atoms with Gasteiger partial charge in [0.05, 0.1) is 19.3 Å². The van der Waals surface area contributed by atoms with Crippen LogP contribution in [-0.2, 0) is 16.0 Å². The molecule has 1 amide bonds. The average molecular weight is 466 g/mol. The van der Waals surface area contributed by atoms with Crippen molar-refractivity contribution in [1.82, 2.24) is 4.90 Å². The van der Waals surface area contributed by atoms with Gasteiger partial charge in [0.15, 0.2) is 0 Å². The number of amides is 1. The highest BCUT2D eigenvalue weighted by Crippen LogP contribution is 2.23. The lowest BCUT2D eigenvalue weighted by Gasteiger charge is -2.23. The summed E-state index contributed by atoms with van der Waals surface area (Å²) in [5.74, 6) is 6.12. The standard InChI is InChI=1S/C27H31NO4S/c1-20(8-6-11-21-9-4-3-5-10-21)24(29)16-13-22-14-18-26(30)28(22)19-7-12-23-15-17-25(33-23)27(31)32-2/h3-5,9-10,13,15-17,20,22,24,29H,7-8,12,14,18-19H2,1-2H3/t20?,22-,24+/m0/s1. The maximum absolute atomic E-state index is 12.4. The van der Waals surface area contributed by atoms with E-state index in [-0.39, 0.29) is 23.8 Å². The number of nitrogens with zero attached hydrogens (tertiary/aromatic N) is 1. The Hall–Kier alpha value is -2.88. The maximum atomic E-state index is 12.4. The number of hydrogen-bond acceptors (Lipinski definition) is 5. The quantitative estimate of drug-likeness (QED) is 0.337. The number of carbonyl (C=O) groups excluding carboxylic acids is 2. The monoisotopic (exact) mass is 465 g/mol. The lowest BCUT2D eigenvalue weighted by Crippen LogP contribution is -2.33. The van der Waals surface area contributed by atoms with Crippen LogP contribution in [0.4, 0.5) is 0 Å². The van der Waals surface area contributed by atoms with Gasteiger partial charge in [-0.1, -0.05) is 49.1 Å². The highest BCUT2D eigenvalue weighted by molar-refractivity contribution is 7.13. The number of thiophene rings is 1. The maximum Gasteiger partial charge on any atom is 0.348 e. The molecule has 0 radical (unpaired) electrons. The van der Waals surface area contributed by atoms with E-state index in [1.807, 2.05) is 60.4 Å². The molecule has 2 aromatic rings. The zero-order valence-corrected chi connectivity index (χ0v) is 20.0. The van der Waals surface area contributed by atoms with Gasteiger partial charge in [-0.3, -0.25) is 4.79 Å². The molecule has 1 saturated heterocycles. The lowest BCUT2D eigenvalue weighted by atomic mass is 9.99. The molecule has 1 aromatic carbocycles. The second kappa shape index (κ2) is 12.4. The first kappa shape index (κ1) is 24.8. The summed E-state index contributed by atoms with van der Waals surface area (Å²) in [6, 6.07) is 13.6. The summed E-state index contributed by atoms with van der Waals surface area (Å²) in [5.41, 5.74) is 0.971. The minimum atomic E-state index is -0.601. The number of aryl methyl sites for hydroxylation is 1. The van der Waals surface area contributed by atoms with Crippen molar-refractivity contribution in [2.24, 2.45) is 5.92 Å². The molecule has 3 atom stereocenters.